The largest absolute Gasteiger partial charge is 0.422 e. The van der Waals surface area contributed by atoms with Crippen molar-refractivity contribution < 1.29 is 9.21 Å². The maximum absolute atomic E-state index is 12.3. The minimum absolute atomic E-state index is 0.119. The second-order valence-corrected chi connectivity index (χ2v) is 7.82. The predicted octanol–water partition coefficient (Wildman–Crippen LogP) is 5.89. The molecule has 1 aromatic heterocycles. The van der Waals surface area contributed by atoms with Crippen LogP contribution in [0.5, 0.6) is 0 Å². The van der Waals surface area contributed by atoms with Gasteiger partial charge in [-0.2, -0.15) is 0 Å². The molecule has 0 aliphatic rings. The minimum Gasteiger partial charge on any atom is -0.422 e. The van der Waals surface area contributed by atoms with E-state index in [1.807, 2.05) is 18.2 Å². The number of hydrogen-bond donors (Lipinski definition) is 2. The number of rotatable bonds is 3. The first-order valence-corrected chi connectivity index (χ1v) is 10.3. The Balaban J connectivity index is 1.46. The van der Waals surface area contributed by atoms with Gasteiger partial charge in [0.15, 0.2) is 5.11 Å². The zero-order valence-corrected chi connectivity index (χ0v) is 18.1. The molecule has 8 heteroatoms. The number of hydrogen-bond acceptors (Lipinski definition) is 4. The Morgan fingerprint density at radius 2 is 1.65 bits per heavy atom. The van der Waals surface area contributed by atoms with Crippen LogP contribution in [0.3, 0.4) is 0 Å². The van der Waals surface area contributed by atoms with Crippen molar-refractivity contribution in [3.05, 3.63) is 98.8 Å². The highest BCUT2D eigenvalue weighted by Gasteiger charge is 2.11. The third kappa shape index (κ3) is 4.77. The Hall–Kier alpha value is -3.19. The van der Waals surface area contributed by atoms with E-state index in [0.29, 0.717) is 33.0 Å². The lowest BCUT2D eigenvalue weighted by molar-refractivity contribution is 0.0977. The van der Waals surface area contributed by atoms with E-state index in [2.05, 4.69) is 10.6 Å². The number of nitrogens with one attached hydrogen (secondary N) is 2. The molecule has 0 radical (unpaired) electrons. The molecule has 1 heterocycles. The van der Waals surface area contributed by atoms with Gasteiger partial charge in [0, 0.05) is 16.6 Å². The Bertz CT molecular complexity index is 1370. The molecule has 0 bridgehead atoms. The number of carbonyl (C=O) groups excluding carboxylic acids is 1. The van der Waals surface area contributed by atoms with Crippen molar-refractivity contribution in [1.29, 1.82) is 0 Å². The van der Waals surface area contributed by atoms with Crippen LogP contribution in [-0.2, 0) is 0 Å². The molecule has 154 valence electrons. The average molecular weight is 469 g/mol. The van der Waals surface area contributed by atoms with Gasteiger partial charge in [0.25, 0.3) is 5.91 Å². The lowest BCUT2D eigenvalue weighted by Crippen LogP contribution is -2.34. The Labute approximate surface area is 192 Å². The molecule has 5 nitrogen and oxygen atoms in total. The zero-order chi connectivity index (χ0) is 22.0. The van der Waals surface area contributed by atoms with E-state index in [4.69, 9.17) is 39.8 Å². The molecule has 4 aromatic rings. The molecule has 0 atom stereocenters. The molecule has 0 spiro atoms. The van der Waals surface area contributed by atoms with E-state index in [9.17, 15) is 9.59 Å². The van der Waals surface area contributed by atoms with Gasteiger partial charge in [-0.05, 0) is 60.2 Å². The summed E-state index contributed by atoms with van der Waals surface area (Å²) < 4.78 is 5.39. The molecular weight excluding hydrogens is 455 g/mol. The van der Waals surface area contributed by atoms with Gasteiger partial charge >= 0.3 is 5.63 Å². The molecule has 0 unspecified atom stereocenters. The molecular formula is C23H14Cl2N2O3S. The summed E-state index contributed by atoms with van der Waals surface area (Å²) in [6.07, 6.45) is 0. The van der Waals surface area contributed by atoms with Crippen molar-refractivity contribution >= 4 is 63.1 Å². The van der Waals surface area contributed by atoms with Crippen molar-refractivity contribution in [3.8, 4) is 11.1 Å². The summed E-state index contributed by atoms with van der Waals surface area (Å²) in [5, 5.41) is 7.11. The maximum Gasteiger partial charge on any atom is 0.344 e. The first kappa shape index (κ1) is 21.1. The number of carbonyl (C=O) groups is 1. The van der Waals surface area contributed by atoms with E-state index in [0.717, 1.165) is 5.39 Å². The first-order valence-electron chi connectivity index (χ1n) is 9.11. The van der Waals surface area contributed by atoms with Gasteiger partial charge in [0.05, 0.1) is 15.6 Å². The molecule has 2 N–H and O–H groups in total. The Morgan fingerprint density at radius 3 is 2.39 bits per heavy atom. The van der Waals surface area contributed by atoms with Crippen molar-refractivity contribution in [2.75, 3.05) is 5.32 Å². The normalized spacial score (nSPS) is 10.6. The fraction of sp³-hybridized carbons (Fsp3) is 0. The van der Waals surface area contributed by atoms with E-state index in [1.54, 1.807) is 42.5 Å². The topological polar surface area (TPSA) is 71.3 Å². The lowest BCUT2D eigenvalue weighted by Gasteiger charge is -2.11. The molecule has 1 amide bonds. The summed E-state index contributed by atoms with van der Waals surface area (Å²) in [6, 6.07) is 20.7. The first-order chi connectivity index (χ1) is 14.9. The van der Waals surface area contributed by atoms with Gasteiger partial charge in [0.2, 0.25) is 0 Å². The third-order valence-electron chi connectivity index (χ3n) is 4.50. The van der Waals surface area contributed by atoms with Crippen LogP contribution in [0.1, 0.15) is 10.4 Å². The standard InChI is InChI=1S/C23H14Cl2N2O3S/c24-18-10-7-15(12-19(18)25)21(28)27-23(31)26-16-8-5-13(6-9-16)17-11-14-3-1-2-4-20(14)30-22(17)29/h1-12H,(H2,26,27,28,31). The van der Waals surface area contributed by atoms with Crippen molar-refractivity contribution in [3.63, 3.8) is 0 Å². The monoisotopic (exact) mass is 468 g/mol. The highest BCUT2D eigenvalue weighted by Crippen LogP contribution is 2.23. The fourth-order valence-electron chi connectivity index (χ4n) is 2.97. The van der Waals surface area contributed by atoms with E-state index < -0.39 is 11.5 Å². The van der Waals surface area contributed by atoms with Crippen LogP contribution >= 0.6 is 35.4 Å². The average Bonchev–Trinajstić information content (AvgIpc) is 2.75. The van der Waals surface area contributed by atoms with E-state index in [-0.39, 0.29) is 10.1 Å². The number of benzene rings is 3. The second kappa shape index (κ2) is 8.89. The van der Waals surface area contributed by atoms with Gasteiger partial charge < -0.3 is 9.73 Å². The Kier molecular flexibility index (Phi) is 6.04. The lowest BCUT2D eigenvalue weighted by atomic mass is 10.1. The molecule has 0 aliphatic heterocycles. The van der Waals surface area contributed by atoms with Crippen LogP contribution in [0.15, 0.2) is 82.0 Å². The van der Waals surface area contributed by atoms with Crippen LogP contribution < -0.4 is 16.3 Å². The summed E-state index contributed by atoms with van der Waals surface area (Å²) in [5.74, 6) is -0.415. The maximum atomic E-state index is 12.3. The number of halogens is 2. The van der Waals surface area contributed by atoms with Gasteiger partial charge in [-0.25, -0.2) is 4.79 Å². The van der Waals surface area contributed by atoms with Crippen LogP contribution in [-0.4, -0.2) is 11.0 Å². The SMILES string of the molecule is O=C(NC(=S)Nc1ccc(-c2cc3ccccc3oc2=O)cc1)c1ccc(Cl)c(Cl)c1. The zero-order valence-electron chi connectivity index (χ0n) is 15.8. The number of fused-ring (bicyclic) bond motifs is 1. The van der Waals surface area contributed by atoms with Gasteiger partial charge in [-0.1, -0.05) is 53.5 Å². The molecule has 3 aromatic carbocycles. The van der Waals surface area contributed by atoms with Crippen molar-refractivity contribution in [1.82, 2.24) is 5.32 Å². The summed E-state index contributed by atoms with van der Waals surface area (Å²) in [5.41, 5.74) is 2.27. The van der Waals surface area contributed by atoms with Crippen LogP contribution in [0.4, 0.5) is 5.69 Å². The minimum atomic E-state index is -0.415. The van der Waals surface area contributed by atoms with E-state index in [1.165, 1.54) is 12.1 Å². The summed E-state index contributed by atoms with van der Waals surface area (Å²) in [6.45, 7) is 0. The van der Waals surface area contributed by atoms with Crippen molar-refractivity contribution in [2.45, 2.75) is 0 Å². The van der Waals surface area contributed by atoms with Crippen molar-refractivity contribution in [2.24, 2.45) is 0 Å². The van der Waals surface area contributed by atoms with Gasteiger partial charge in [-0.3, -0.25) is 10.1 Å². The number of anilines is 1. The number of amides is 1. The molecule has 4 rings (SSSR count). The Morgan fingerprint density at radius 1 is 0.903 bits per heavy atom. The molecule has 0 fully saturated rings. The number of thiocarbonyl (C=S) groups is 1. The molecule has 0 aliphatic carbocycles. The van der Waals surface area contributed by atoms with E-state index >= 15 is 0 Å². The number of para-hydroxylation sites is 1. The molecule has 31 heavy (non-hydrogen) atoms. The summed E-state index contributed by atoms with van der Waals surface area (Å²) >= 11 is 17.0. The summed E-state index contributed by atoms with van der Waals surface area (Å²) in [7, 11) is 0. The van der Waals surface area contributed by atoms with Gasteiger partial charge in [-0.15, -0.1) is 0 Å². The quantitative estimate of drug-likeness (QED) is 0.289. The third-order valence-corrected chi connectivity index (χ3v) is 5.45. The summed E-state index contributed by atoms with van der Waals surface area (Å²) in [4.78, 5) is 24.6. The molecule has 0 saturated carbocycles. The van der Waals surface area contributed by atoms with Crippen LogP contribution in [0.25, 0.3) is 22.1 Å². The highest BCUT2D eigenvalue weighted by molar-refractivity contribution is 7.80. The van der Waals surface area contributed by atoms with Crippen LogP contribution in [0.2, 0.25) is 10.0 Å². The van der Waals surface area contributed by atoms with Gasteiger partial charge in [0.1, 0.15) is 5.58 Å². The second-order valence-electron chi connectivity index (χ2n) is 6.60. The smallest absolute Gasteiger partial charge is 0.344 e. The van der Waals surface area contributed by atoms with Crippen LogP contribution in [0, 0.1) is 0 Å². The highest BCUT2D eigenvalue weighted by atomic mass is 35.5. The predicted molar refractivity (Wildman–Crippen MR) is 128 cm³/mol. The molecule has 0 saturated heterocycles. The fourth-order valence-corrected chi connectivity index (χ4v) is 3.48.